The summed E-state index contributed by atoms with van der Waals surface area (Å²) in [5, 5.41) is 3.51. The fourth-order valence-electron chi connectivity index (χ4n) is 1.78. The Hall–Kier alpha value is -1.18. The topological polar surface area (TPSA) is 21.3 Å². The minimum Gasteiger partial charge on any atom is -0.495 e. The highest BCUT2D eigenvalue weighted by Gasteiger charge is 2.06. The van der Waals surface area contributed by atoms with Gasteiger partial charge in [0.1, 0.15) is 5.75 Å². The molecule has 0 fully saturated rings. The van der Waals surface area contributed by atoms with Gasteiger partial charge in [-0.3, -0.25) is 0 Å². The Morgan fingerprint density at radius 2 is 2.12 bits per heavy atom. The van der Waals surface area contributed by atoms with E-state index in [1.54, 1.807) is 7.11 Å². The minimum absolute atomic E-state index is 0.496. The van der Waals surface area contributed by atoms with E-state index >= 15 is 0 Å². The summed E-state index contributed by atoms with van der Waals surface area (Å²) in [6.07, 6.45) is 3.72. The lowest BCUT2D eigenvalue weighted by Crippen LogP contribution is -2.15. The Balaban J connectivity index is 2.67. The quantitative estimate of drug-likeness (QED) is 0.784. The lowest BCUT2D eigenvalue weighted by Gasteiger charge is -2.17. The summed E-state index contributed by atoms with van der Waals surface area (Å²) in [4.78, 5) is 0. The molecule has 2 heteroatoms. The molecule has 0 bridgehead atoms. The van der Waals surface area contributed by atoms with E-state index in [1.165, 1.54) is 24.8 Å². The molecule has 0 radical (unpaired) electrons. The zero-order valence-corrected chi connectivity index (χ0v) is 10.8. The van der Waals surface area contributed by atoms with Gasteiger partial charge in [0, 0.05) is 6.04 Å². The van der Waals surface area contributed by atoms with Crippen LogP contribution in [0.2, 0.25) is 0 Å². The molecule has 0 aliphatic heterocycles. The molecule has 1 N–H and O–H groups in total. The van der Waals surface area contributed by atoms with E-state index < -0.39 is 0 Å². The summed E-state index contributed by atoms with van der Waals surface area (Å²) in [5.74, 6) is 0.925. The van der Waals surface area contributed by atoms with Crippen LogP contribution in [0.5, 0.6) is 5.75 Å². The van der Waals surface area contributed by atoms with Gasteiger partial charge in [0.15, 0.2) is 0 Å². The number of nitrogens with one attached hydrogen (secondary N) is 1. The molecule has 1 atom stereocenters. The molecular formula is C14H23NO. The smallest absolute Gasteiger partial charge is 0.141 e. The Labute approximate surface area is 99.0 Å². The summed E-state index contributed by atoms with van der Waals surface area (Å²) in [7, 11) is 1.71. The second kappa shape index (κ2) is 6.41. The maximum atomic E-state index is 5.34. The fraction of sp³-hybridized carbons (Fsp3) is 0.571. The zero-order valence-electron chi connectivity index (χ0n) is 10.8. The molecular weight excluding hydrogens is 198 g/mol. The molecule has 1 rings (SSSR count). The lowest BCUT2D eigenvalue weighted by atomic mass is 10.1. The molecule has 0 aliphatic carbocycles. The van der Waals surface area contributed by atoms with E-state index in [-0.39, 0.29) is 0 Å². The SMILES string of the molecule is CCCCC(C)Nc1cc(C)ccc1OC. The van der Waals surface area contributed by atoms with Crippen LogP contribution < -0.4 is 10.1 Å². The summed E-state index contributed by atoms with van der Waals surface area (Å²) < 4.78 is 5.34. The van der Waals surface area contributed by atoms with Crippen LogP contribution in [0.3, 0.4) is 0 Å². The number of anilines is 1. The third kappa shape index (κ3) is 3.76. The van der Waals surface area contributed by atoms with Gasteiger partial charge in [-0.2, -0.15) is 0 Å². The Morgan fingerprint density at radius 1 is 1.38 bits per heavy atom. The normalized spacial score (nSPS) is 12.2. The van der Waals surface area contributed by atoms with E-state index in [9.17, 15) is 0 Å². The van der Waals surface area contributed by atoms with Crippen LogP contribution in [-0.4, -0.2) is 13.2 Å². The fourth-order valence-corrected chi connectivity index (χ4v) is 1.78. The first-order chi connectivity index (χ1) is 7.67. The van der Waals surface area contributed by atoms with Crippen molar-refractivity contribution in [3.63, 3.8) is 0 Å². The number of benzene rings is 1. The van der Waals surface area contributed by atoms with Gasteiger partial charge in [-0.1, -0.05) is 25.8 Å². The first kappa shape index (κ1) is 12.9. The van der Waals surface area contributed by atoms with Crippen LogP contribution in [0, 0.1) is 6.92 Å². The van der Waals surface area contributed by atoms with Crippen molar-refractivity contribution in [1.82, 2.24) is 0 Å². The number of rotatable bonds is 6. The standard InChI is InChI=1S/C14H23NO/c1-5-6-7-12(3)15-13-10-11(2)8-9-14(13)16-4/h8-10,12,15H,5-7H2,1-4H3. The molecule has 0 heterocycles. The Morgan fingerprint density at radius 3 is 2.75 bits per heavy atom. The predicted molar refractivity (Wildman–Crippen MR) is 70.3 cm³/mol. The van der Waals surface area contributed by atoms with Crippen LogP contribution in [-0.2, 0) is 0 Å². The molecule has 1 unspecified atom stereocenters. The number of methoxy groups -OCH3 is 1. The second-order valence-corrected chi connectivity index (χ2v) is 4.39. The van der Waals surface area contributed by atoms with Gasteiger partial charge < -0.3 is 10.1 Å². The first-order valence-corrected chi connectivity index (χ1v) is 6.08. The number of hydrogen-bond donors (Lipinski definition) is 1. The second-order valence-electron chi connectivity index (χ2n) is 4.39. The maximum Gasteiger partial charge on any atom is 0.141 e. The molecule has 16 heavy (non-hydrogen) atoms. The number of unbranched alkanes of at least 4 members (excludes halogenated alkanes) is 1. The molecule has 0 aliphatic rings. The third-order valence-corrected chi connectivity index (χ3v) is 2.75. The molecule has 0 amide bonds. The van der Waals surface area contributed by atoms with Gasteiger partial charge in [0.05, 0.1) is 12.8 Å². The lowest BCUT2D eigenvalue weighted by molar-refractivity contribution is 0.415. The van der Waals surface area contributed by atoms with Crippen molar-refractivity contribution in [2.24, 2.45) is 0 Å². The molecule has 0 saturated heterocycles. The van der Waals surface area contributed by atoms with Crippen LogP contribution in [0.15, 0.2) is 18.2 Å². The average Bonchev–Trinajstić information content (AvgIpc) is 2.27. The molecule has 0 saturated carbocycles. The third-order valence-electron chi connectivity index (χ3n) is 2.75. The highest BCUT2D eigenvalue weighted by molar-refractivity contribution is 5.58. The van der Waals surface area contributed by atoms with Crippen LogP contribution in [0.4, 0.5) is 5.69 Å². The van der Waals surface area contributed by atoms with Gasteiger partial charge >= 0.3 is 0 Å². The summed E-state index contributed by atoms with van der Waals surface area (Å²) in [6, 6.07) is 6.72. The van der Waals surface area contributed by atoms with E-state index in [1.807, 2.05) is 6.07 Å². The zero-order chi connectivity index (χ0) is 12.0. The van der Waals surface area contributed by atoms with Gasteiger partial charge in [0.2, 0.25) is 0 Å². The molecule has 0 spiro atoms. The Bertz CT molecular complexity index is 323. The van der Waals surface area contributed by atoms with Crippen molar-refractivity contribution >= 4 is 5.69 Å². The van der Waals surface area contributed by atoms with Gasteiger partial charge in [-0.05, 0) is 38.0 Å². The van der Waals surface area contributed by atoms with E-state index in [2.05, 4.69) is 38.2 Å². The molecule has 90 valence electrons. The summed E-state index contributed by atoms with van der Waals surface area (Å²) in [6.45, 7) is 6.54. The highest BCUT2D eigenvalue weighted by Crippen LogP contribution is 2.26. The van der Waals surface area contributed by atoms with E-state index in [0.717, 1.165) is 11.4 Å². The van der Waals surface area contributed by atoms with E-state index in [0.29, 0.717) is 6.04 Å². The van der Waals surface area contributed by atoms with E-state index in [4.69, 9.17) is 4.74 Å². The first-order valence-electron chi connectivity index (χ1n) is 6.08. The Kier molecular flexibility index (Phi) is 5.17. The van der Waals surface area contributed by atoms with Gasteiger partial charge in [-0.25, -0.2) is 0 Å². The van der Waals surface area contributed by atoms with Crippen LogP contribution in [0.25, 0.3) is 0 Å². The molecule has 2 nitrogen and oxygen atoms in total. The van der Waals surface area contributed by atoms with Crippen molar-refractivity contribution in [1.29, 1.82) is 0 Å². The predicted octanol–water partition coefficient (Wildman–Crippen LogP) is 3.99. The molecule has 1 aromatic carbocycles. The van der Waals surface area contributed by atoms with Gasteiger partial charge in [-0.15, -0.1) is 0 Å². The minimum atomic E-state index is 0.496. The van der Waals surface area contributed by atoms with Crippen molar-refractivity contribution in [3.05, 3.63) is 23.8 Å². The summed E-state index contributed by atoms with van der Waals surface area (Å²) >= 11 is 0. The number of ether oxygens (including phenoxy) is 1. The van der Waals surface area contributed by atoms with Crippen LogP contribution in [0.1, 0.15) is 38.7 Å². The maximum absolute atomic E-state index is 5.34. The molecule has 0 aromatic heterocycles. The number of hydrogen-bond acceptors (Lipinski definition) is 2. The van der Waals surface area contributed by atoms with Crippen molar-refractivity contribution in [3.8, 4) is 5.75 Å². The van der Waals surface area contributed by atoms with Gasteiger partial charge in [0.25, 0.3) is 0 Å². The van der Waals surface area contributed by atoms with Crippen molar-refractivity contribution in [2.75, 3.05) is 12.4 Å². The van der Waals surface area contributed by atoms with Crippen molar-refractivity contribution < 1.29 is 4.74 Å². The summed E-state index contributed by atoms with van der Waals surface area (Å²) in [5.41, 5.74) is 2.36. The largest absolute Gasteiger partial charge is 0.495 e. The molecule has 1 aromatic rings. The average molecular weight is 221 g/mol. The van der Waals surface area contributed by atoms with Crippen LogP contribution >= 0.6 is 0 Å². The number of aryl methyl sites for hydroxylation is 1. The highest BCUT2D eigenvalue weighted by atomic mass is 16.5. The van der Waals surface area contributed by atoms with Crippen molar-refractivity contribution in [2.45, 2.75) is 46.1 Å². The monoisotopic (exact) mass is 221 g/mol.